The van der Waals surface area contributed by atoms with Crippen LogP contribution in [0.25, 0.3) is 10.2 Å². The van der Waals surface area contributed by atoms with Gasteiger partial charge in [0.1, 0.15) is 6.54 Å². The number of rotatable bonds is 10. The first-order valence-electron chi connectivity index (χ1n) is 12.1. The van der Waals surface area contributed by atoms with Gasteiger partial charge in [-0.15, -0.1) is 0 Å². The number of esters is 1. The monoisotopic (exact) mass is 596 g/mol. The maximum Gasteiger partial charge on any atom is 0.325 e. The molecule has 14 heteroatoms. The third-order valence-corrected chi connectivity index (χ3v) is 9.37. The SMILES string of the molecule is COC(=O)Cn1c(=NC(=O)c2ccc(S(=O)(=O)N(CC(C)C)CC(C)C)cc2)sc2cc(S(N)(=O)=O)ccc21. The first-order chi connectivity index (χ1) is 18.1. The second-order valence-electron chi connectivity index (χ2n) is 9.77. The number of aromatic nitrogens is 1. The van der Waals surface area contributed by atoms with Crippen LogP contribution in [0.4, 0.5) is 0 Å². The number of hydrogen-bond donors (Lipinski definition) is 1. The van der Waals surface area contributed by atoms with E-state index in [1.54, 1.807) is 0 Å². The molecule has 3 rings (SSSR count). The molecule has 0 bridgehead atoms. The van der Waals surface area contributed by atoms with Crippen molar-refractivity contribution in [2.24, 2.45) is 22.0 Å². The van der Waals surface area contributed by atoms with Gasteiger partial charge < -0.3 is 9.30 Å². The lowest BCUT2D eigenvalue weighted by molar-refractivity contribution is -0.141. The Kier molecular flexibility index (Phi) is 9.49. The summed E-state index contributed by atoms with van der Waals surface area (Å²) in [7, 11) is -6.52. The zero-order chi connectivity index (χ0) is 29.1. The number of nitrogens with zero attached hydrogens (tertiary/aromatic N) is 3. The van der Waals surface area contributed by atoms with Gasteiger partial charge >= 0.3 is 5.97 Å². The van der Waals surface area contributed by atoms with Gasteiger partial charge in [0.2, 0.25) is 20.0 Å². The fourth-order valence-corrected chi connectivity index (χ4v) is 7.27. The van der Waals surface area contributed by atoms with Crippen molar-refractivity contribution in [1.82, 2.24) is 8.87 Å². The minimum atomic E-state index is -3.97. The van der Waals surface area contributed by atoms with Crippen molar-refractivity contribution in [1.29, 1.82) is 0 Å². The van der Waals surface area contributed by atoms with E-state index in [0.29, 0.717) is 23.3 Å². The number of ether oxygens (including phenoxy) is 1. The summed E-state index contributed by atoms with van der Waals surface area (Å²) in [5.74, 6) is -0.993. The van der Waals surface area contributed by atoms with E-state index in [1.807, 2.05) is 27.7 Å². The largest absolute Gasteiger partial charge is 0.468 e. The van der Waals surface area contributed by atoms with Gasteiger partial charge in [-0.25, -0.2) is 22.0 Å². The number of carbonyl (C=O) groups excluding carboxylic acids is 2. The lowest BCUT2D eigenvalue weighted by atomic mass is 10.2. The Labute approximate surface area is 232 Å². The summed E-state index contributed by atoms with van der Waals surface area (Å²) in [6.45, 7) is 8.26. The van der Waals surface area contributed by atoms with Crippen LogP contribution >= 0.6 is 11.3 Å². The molecule has 0 aliphatic heterocycles. The van der Waals surface area contributed by atoms with Crippen molar-refractivity contribution < 1.29 is 31.2 Å². The molecule has 0 aliphatic carbocycles. The van der Waals surface area contributed by atoms with Crippen molar-refractivity contribution >= 4 is 53.5 Å². The van der Waals surface area contributed by atoms with E-state index in [4.69, 9.17) is 9.88 Å². The van der Waals surface area contributed by atoms with Gasteiger partial charge in [0.15, 0.2) is 4.80 Å². The first kappa shape index (κ1) is 30.6. The predicted octanol–water partition coefficient (Wildman–Crippen LogP) is 2.57. The summed E-state index contributed by atoms with van der Waals surface area (Å²) in [6.07, 6.45) is 0. The number of thiazole rings is 1. The van der Waals surface area contributed by atoms with Crippen LogP contribution in [-0.4, -0.2) is 57.8 Å². The molecule has 0 aliphatic rings. The molecule has 0 spiro atoms. The highest BCUT2D eigenvalue weighted by molar-refractivity contribution is 7.89. The predicted molar refractivity (Wildman–Crippen MR) is 148 cm³/mol. The summed E-state index contributed by atoms with van der Waals surface area (Å²) < 4.78 is 58.2. The Morgan fingerprint density at radius 1 is 0.974 bits per heavy atom. The van der Waals surface area contributed by atoms with E-state index in [1.165, 1.54) is 58.4 Å². The first-order valence-corrected chi connectivity index (χ1v) is 15.9. The van der Waals surface area contributed by atoms with Crippen LogP contribution in [-0.2, 0) is 36.1 Å². The van der Waals surface area contributed by atoms with Crippen molar-refractivity contribution in [3.8, 4) is 0 Å². The molecule has 0 fully saturated rings. The van der Waals surface area contributed by atoms with Crippen LogP contribution in [0.5, 0.6) is 0 Å². The van der Waals surface area contributed by atoms with E-state index in [2.05, 4.69) is 4.99 Å². The van der Waals surface area contributed by atoms with Gasteiger partial charge in [0.05, 0.1) is 27.1 Å². The molecule has 2 N–H and O–H groups in total. The molecule has 1 heterocycles. The van der Waals surface area contributed by atoms with Gasteiger partial charge in [0.25, 0.3) is 5.91 Å². The average molecular weight is 597 g/mol. The topological polar surface area (TPSA) is 158 Å². The molecule has 0 atom stereocenters. The summed E-state index contributed by atoms with van der Waals surface area (Å²) in [4.78, 5) is 29.3. The Bertz CT molecular complexity index is 1640. The number of benzene rings is 2. The maximum absolute atomic E-state index is 13.3. The number of primary sulfonamides is 1. The average Bonchev–Trinajstić information content (AvgIpc) is 3.18. The minimum Gasteiger partial charge on any atom is -0.468 e. The van der Waals surface area contributed by atoms with Gasteiger partial charge in [-0.2, -0.15) is 9.30 Å². The fraction of sp³-hybridized carbons (Fsp3) is 0.400. The highest BCUT2D eigenvalue weighted by Crippen LogP contribution is 2.22. The minimum absolute atomic E-state index is 0.0680. The zero-order valence-corrected chi connectivity index (χ0v) is 24.8. The second-order valence-corrected chi connectivity index (χ2v) is 14.3. The van der Waals surface area contributed by atoms with Crippen molar-refractivity contribution in [3.63, 3.8) is 0 Å². The molecule has 11 nitrogen and oxygen atoms in total. The van der Waals surface area contributed by atoms with Crippen molar-refractivity contribution in [2.75, 3.05) is 20.2 Å². The number of nitrogens with two attached hydrogens (primary N) is 1. The lowest BCUT2D eigenvalue weighted by Crippen LogP contribution is -2.37. The molecule has 39 heavy (non-hydrogen) atoms. The summed E-state index contributed by atoms with van der Waals surface area (Å²) >= 11 is 0.997. The molecule has 1 amide bonds. The molecule has 212 valence electrons. The Morgan fingerprint density at radius 2 is 1.54 bits per heavy atom. The van der Waals surface area contributed by atoms with Crippen LogP contribution in [0, 0.1) is 11.8 Å². The maximum atomic E-state index is 13.3. The lowest BCUT2D eigenvalue weighted by Gasteiger charge is -2.25. The smallest absolute Gasteiger partial charge is 0.325 e. The quantitative estimate of drug-likeness (QED) is 0.352. The van der Waals surface area contributed by atoms with E-state index in [-0.39, 0.29) is 38.5 Å². The summed E-state index contributed by atoms with van der Waals surface area (Å²) in [5, 5.41) is 5.23. The third kappa shape index (κ3) is 7.39. The molecular weight excluding hydrogens is 564 g/mol. The highest BCUT2D eigenvalue weighted by atomic mass is 32.2. The molecule has 0 unspecified atom stereocenters. The number of carbonyl (C=O) groups is 2. The van der Waals surface area contributed by atoms with E-state index in [9.17, 15) is 26.4 Å². The van der Waals surface area contributed by atoms with Crippen LogP contribution in [0.15, 0.2) is 57.2 Å². The Morgan fingerprint density at radius 3 is 2.05 bits per heavy atom. The number of methoxy groups -OCH3 is 1. The van der Waals surface area contributed by atoms with Crippen LogP contribution in [0.1, 0.15) is 38.1 Å². The van der Waals surface area contributed by atoms with E-state index >= 15 is 0 Å². The Balaban J connectivity index is 2.02. The highest BCUT2D eigenvalue weighted by Gasteiger charge is 2.26. The molecule has 0 saturated carbocycles. The summed E-state index contributed by atoms with van der Waals surface area (Å²) in [5.41, 5.74) is 0.599. The molecule has 0 saturated heterocycles. The van der Waals surface area contributed by atoms with Crippen molar-refractivity contribution in [3.05, 3.63) is 52.8 Å². The molecule has 3 aromatic rings. The molecule has 1 aromatic heterocycles. The number of sulfonamides is 2. The van der Waals surface area contributed by atoms with Gasteiger partial charge in [0, 0.05) is 18.7 Å². The number of hydrogen-bond acceptors (Lipinski definition) is 8. The van der Waals surface area contributed by atoms with Crippen LogP contribution in [0.3, 0.4) is 0 Å². The molecular formula is C25H32N4O7S3. The van der Waals surface area contributed by atoms with Gasteiger partial charge in [-0.3, -0.25) is 9.59 Å². The second kappa shape index (κ2) is 12.1. The fourth-order valence-electron chi connectivity index (χ4n) is 3.82. The number of amides is 1. The van der Waals surface area contributed by atoms with Gasteiger partial charge in [-0.1, -0.05) is 39.0 Å². The van der Waals surface area contributed by atoms with Gasteiger partial charge in [-0.05, 0) is 54.3 Å². The normalized spacial score (nSPS) is 13.1. The molecule has 2 aromatic carbocycles. The van der Waals surface area contributed by atoms with Crippen LogP contribution < -0.4 is 9.94 Å². The van der Waals surface area contributed by atoms with Crippen LogP contribution in [0.2, 0.25) is 0 Å². The number of fused-ring (bicyclic) bond motifs is 1. The standard InChI is InChI=1S/C25H32N4O7S3/c1-16(2)13-28(14-17(3)4)39(34,35)19-8-6-18(7-9-19)24(31)27-25-29(15-23(30)36-5)21-11-10-20(38(26,32)33)12-22(21)37-25/h6-12,16-17H,13-15H2,1-5H3,(H2,26,32,33). The van der Waals surface area contributed by atoms with E-state index in [0.717, 1.165) is 11.3 Å². The summed E-state index contributed by atoms with van der Waals surface area (Å²) in [6, 6.07) is 9.63. The zero-order valence-electron chi connectivity index (χ0n) is 22.3. The van der Waals surface area contributed by atoms with Crippen molar-refractivity contribution in [2.45, 2.75) is 44.0 Å². The molecule has 0 radical (unpaired) electrons. The Hall–Kier alpha value is -2.91. The van der Waals surface area contributed by atoms with E-state index < -0.39 is 31.9 Å². The third-order valence-electron chi connectivity index (χ3n) is 5.57.